The predicted octanol–water partition coefficient (Wildman–Crippen LogP) is 3.95. The van der Waals surface area contributed by atoms with Gasteiger partial charge < -0.3 is 5.32 Å². The maximum absolute atomic E-state index is 13.5. The maximum Gasteiger partial charge on any atom is 0.166 e. The third-order valence-corrected chi connectivity index (χ3v) is 3.68. The second-order valence-corrected chi connectivity index (χ2v) is 5.61. The van der Waals surface area contributed by atoms with Crippen molar-refractivity contribution in [3.8, 4) is 0 Å². The lowest BCUT2D eigenvalue weighted by atomic mass is 9.95. The SMILES string of the molecule is Fc1cc(Br)cnc1NC1CCC(Cl)CC1. The van der Waals surface area contributed by atoms with Crippen LogP contribution in [0.25, 0.3) is 0 Å². The average Bonchev–Trinajstić information content (AvgIpc) is 2.25. The fraction of sp³-hybridized carbons (Fsp3) is 0.545. The second kappa shape index (κ2) is 5.32. The number of nitrogens with zero attached hydrogens (tertiary/aromatic N) is 1. The van der Waals surface area contributed by atoms with E-state index in [2.05, 4.69) is 26.2 Å². The number of anilines is 1. The van der Waals surface area contributed by atoms with Crippen LogP contribution in [0, 0.1) is 5.82 Å². The Morgan fingerprint density at radius 2 is 2.06 bits per heavy atom. The van der Waals surface area contributed by atoms with Gasteiger partial charge >= 0.3 is 0 Å². The highest BCUT2D eigenvalue weighted by molar-refractivity contribution is 9.10. The summed E-state index contributed by atoms with van der Waals surface area (Å²) in [7, 11) is 0. The van der Waals surface area contributed by atoms with Crippen molar-refractivity contribution in [3.63, 3.8) is 0 Å². The Balaban J connectivity index is 1.98. The minimum absolute atomic E-state index is 0.278. The highest BCUT2D eigenvalue weighted by Crippen LogP contribution is 2.26. The lowest BCUT2D eigenvalue weighted by Gasteiger charge is -2.26. The number of aromatic nitrogens is 1. The van der Waals surface area contributed by atoms with E-state index in [1.54, 1.807) is 6.20 Å². The first-order chi connectivity index (χ1) is 7.65. The van der Waals surface area contributed by atoms with Crippen LogP contribution in [0.4, 0.5) is 10.2 Å². The molecule has 5 heteroatoms. The van der Waals surface area contributed by atoms with Crippen LogP contribution in [0.15, 0.2) is 16.7 Å². The Morgan fingerprint density at radius 1 is 1.38 bits per heavy atom. The van der Waals surface area contributed by atoms with Gasteiger partial charge in [-0.3, -0.25) is 0 Å². The summed E-state index contributed by atoms with van der Waals surface area (Å²) < 4.78 is 14.2. The molecular formula is C11H13BrClFN2. The zero-order valence-electron chi connectivity index (χ0n) is 8.72. The molecule has 0 bridgehead atoms. The van der Waals surface area contributed by atoms with Crippen molar-refractivity contribution < 1.29 is 4.39 Å². The number of hydrogen-bond acceptors (Lipinski definition) is 2. The highest BCUT2D eigenvalue weighted by atomic mass is 79.9. The largest absolute Gasteiger partial charge is 0.365 e. The zero-order chi connectivity index (χ0) is 11.5. The monoisotopic (exact) mass is 306 g/mol. The van der Waals surface area contributed by atoms with Crippen molar-refractivity contribution in [2.24, 2.45) is 0 Å². The molecule has 1 aromatic heterocycles. The van der Waals surface area contributed by atoms with E-state index in [9.17, 15) is 4.39 Å². The summed E-state index contributed by atoms with van der Waals surface area (Å²) in [6.45, 7) is 0. The number of alkyl halides is 1. The standard InChI is InChI=1S/C11H13BrClFN2/c12-7-5-10(14)11(15-6-7)16-9-3-1-8(13)2-4-9/h5-6,8-9H,1-4H2,(H,15,16). The van der Waals surface area contributed by atoms with E-state index < -0.39 is 0 Å². The van der Waals surface area contributed by atoms with Gasteiger partial charge in [0.1, 0.15) is 0 Å². The summed E-state index contributed by atoms with van der Waals surface area (Å²) >= 11 is 9.19. The molecule has 0 aliphatic heterocycles. The van der Waals surface area contributed by atoms with Gasteiger partial charge in [0, 0.05) is 22.1 Å². The van der Waals surface area contributed by atoms with Crippen molar-refractivity contribution in [3.05, 3.63) is 22.6 Å². The molecule has 0 radical (unpaired) electrons. The zero-order valence-corrected chi connectivity index (χ0v) is 11.1. The Labute approximate surface area is 108 Å². The second-order valence-electron chi connectivity index (χ2n) is 4.08. The normalized spacial score (nSPS) is 25.4. The third kappa shape index (κ3) is 3.08. The summed E-state index contributed by atoms with van der Waals surface area (Å²) in [6.07, 6.45) is 5.52. The molecule has 1 heterocycles. The molecule has 1 aromatic rings. The van der Waals surface area contributed by atoms with Gasteiger partial charge in [0.15, 0.2) is 11.6 Å². The van der Waals surface area contributed by atoms with Crippen LogP contribution >= 0.6 is 27.5 Å². The number of pyridine rings is 1. The van der Waals surface area contributed by atoms with E-state index in [0.29, 0.717) is 10.3 Å². The van der Waals surface area contributed by atoms with E-state index in [4.69, 9.17) is 11.6 Å². The molecule has 0 aromatic carbocycles. The van der Waals surface area contributed by atoms with Gasteiger partial charge in [0.2, 0.25) is 0 Å². The fourth-order valence-electron chi connectivity index (χ4n) is 1.91. The van der Waals surface area contributed by atoms with Gasteiger partial charge in [-0.05, 0) is 47.7 Å². The highest BCUT2D eigenvalue weighted by Gasteiger charge is 2.20. The van der Waals surface area contributed by atoms with Crippen molar-refractivity contribution in [1.29, 1.82) is 0 Å². The lowest BCUT2D eigenvalue weighted by Crippen LogP contribution is -2.27. The molecule has 1 aliphatic rings. The van der Waals surface area contributed by atoms with Gasteiger partial charge in [-0.15, -0.1) is 11.6 Å². The van der Waals surface area contributed by atoms with Crippen LogP contribution in [0.1, 0.15) is 25.7 Å². The lowest BCUT2D eigenvalue weighted by molar-refractivity contribution is 0.465. The van der Waals surface area contributed by atoms with E-state index in [1.807, 2.05) is 0 Å². The van der Waals surface area contributed by atoms with Crippen LogP contribution in [-0.4, -0.2) is 16.4 Å². The summed E-state index contributed by atoms with van der Waals surface area (Å²) in [5.41, 5.74) is 0. The van der Waals surface area contributed by atoms with E-state index in [-0.39, 0.29) is 17.2 Å². The number of rotatable bonds is 2. The molecule has 88 valence electrons. The molecule has 1 saturated carbocycles. The van der Waals surface area contributed by atoms with Crippen LogP contribution < -0.4 is 5.32 Å². The van der Waals surface area contributed by atoms with Crippen LogP contribution in [0.2, 0.25) is 0 Å². The first-order valence-corrected chi connectivity index (χ1v) is 6.60. The topological polar surface area (TPSA) is 24.9 Å². The third-order valence-electron chi connectivity index (χ3n) is 2.81. The van der Waals surface area contributed by atoms with Crippen LogP contribution in [0.5, 0.6) is 0 Å². The van der Waals surface area contributed by atoms with Crippen LogP contribution in [-0.2, 0) is 0 Å². The maximum atomic E-state index is 13.5. The van der Waals surface area contributed by atoms with Gasteiger partial charge in [-0.25, -0.2) is 9.37 Å². The van der Waals surface area contributed by atoms with Gasteiger partial charge in [-0.1, -0.05) is 0 Å². The molecule has 0 spiro atoms. The minimum atomic E-state index is -0.317. The molecule has 16 heavy (non-hydrogen) atoms. The Hall–Kier alpha value is -0.350. The first kappa shape index (κ1) is 12.1. The Kier molecular flexibility index (Phi) is 4.03. The van der Waals surface area contributed by atoms with Crippen molar-refractivity contribution >= 4 is 33.3 Å². The molecule has 2 rings (SSSR count). The average molecular weight is 308 g/mol. The molecule has 1 N–H and O–H groups in total. The van der Waals surface area contributed by atoms with Crippen molar-refractivity contribution in [1.82, 2.24) is 4.98 Å². The molecule has 1 fully saturated rings. The van der Waals surface area contributed by atoms with Gasteiger partial charge in [-0.2, -0.15) is 0 Å². The van der Waals surface area contributed by atoms with E-state index in [1.165, 1.54) is 6.07 Å². The number of halogens is 3. The Morgan fingerprint density at radius 3 is 2.69 bits per heavy atom. The van der Waals surface area contributed by atoms with Crippen molar-refractivity contribution in [2.45, 2.75) is 37.1 Å². The first-order valence-electron chi connectivity index (χ1n) is 5.37. The Bertz CT molecular complexity index is 367. The summed E-state index contributed by atoms with van der Waals surface area (Å²) in [5, 5.41) is 3.41. The molecule has 1 aliphatic carbocycles. The molecule has 0 amide bonds. The van der Waals surface area contributed by atoms with Gasteiger partial charge in [0.25, 0.3) is 0 Å². The molecule has 0 saturated heterocycles. The summed E-state index contributed by atoms with van der Waals surface area (Å²) in [5.74, 6) is 0.0172. The smallest absolute Gasteiger partial charge is 0.166 e. The van der Waals surface area contributed by atoms with E-state index in [0.717, 1.165) is 25.7 Å². The fourth-order valence-corrected chi connectivity index (χ4v) is 2.47. The number of nitrogens with one attached hydrogen (secondary N) is 1. The predicted molar refractivity (Wildman–Crippen MR) is 67.4 cm³/mol. The quantitative estimate of drug-likeness (QED) is 0.837. The number of hydrogen-bond donors (Lipinski definition) is 1. The molecule has 0 unspecified atom stereocenters. The molecular weight excluding hydrogens is 294 g/mol. The summed E-state index contributed by atoms with van der Waals surface area (Å²) in [6, 6.07) is 1.71. The van der Waals surface area contributed by atoms with Crippen LogP contribution in [0.3, 0.4) is 0 Å². The van der Waals surface area contributed by atoms with E-state index >= 15 is 0 Å². The van der Waals surface area contributed by atoms with Gasteiger partial charge in [0.05, 0.1) is 0 Å². The minimum Gasteiger partial charge on any atom is -0.365 e. The summed E-state index contributed by atoms with van der Waals surface area (Å²) in [4.78, 5) is 4.02. The van der Waals surface area contributed by atoms with Crippen molar-refractivity contribution in [2.75, 3.05) is 5.32 Å². The molecule has 2 nitrogen and oxygen atoms in total. The molecule has 0 atom stereocenters.